The lowest BCUT2D eigenvalue weighted by Crippen LogP contribution is -2.15. The standard InChI is InChI=1S/C26H20FN7O3S/c27-21-5-3-15(9-20(21)26(30)35)19-10-16-8-14(4-6-22(16)33-24(19)28)17-11-23(25(29)32-12-17)38(36,37)34-18-2-1-7-31-13-18/h1-13,34H,(H2,28,33)(H2,29,32)(H2,30,35). The Morgan fingerprint density at radius 2 is 1.68 bits per heavy atom. The lowest BCUT2D eigenvalue weighted by molar-refractivity contribution is 0.0996. The van der Waals surface area contributed by atoms with Gasteiger partial charge >= 0.3 is 0 Å². The number of sulfonamides is 1. The SMILES string of the molecule is NC(=O)c1cc(-c2cc3cc(-c4cnc(N)c(S(=O)(=O)Nc5cccnc5)c4)ccc3nc2N)ccc1F. The number of fused-ring (bicyclic) bond motifs is 1. The third-order valence-electron chi connectivity index (χ3n) is 5.81. The predicted molar refractivity (Wildman–Crippen MR) is 143 cm³/mol. The van der Waals surface area contributed by atoms with Gasteiger partial charge in [0.05, 0.1) is 23.0 Å². The molecule has 10 nitrogen and oxygen atoms in total. The molecule has 2 aromatic carbocycles. The first kappa shape index (κ1) is 24.6. The fourth-order valence-electron chi connectivity index (χ4n) is 3.95. The fourth-order valence-corrected chi connectivity index (χ4v) is 5.10. The van der Waals surface area contributed by atoms with Gasteiger partial charge in [-0.3, -0.25) is 14.5 Å². The average Bonchev–Trinajstić information content (AvgIpc) is 2.89. The smallest absolute Gasteiger partial charge is 0.265 e. The second-order valence-electron chi connectivity index (χ2n) is 8.34. The van der Waals surface area contributed by atoms with E-state index in [2.05, 4.69) is 19.7 Å². The maximum atomic E-state index is 14.0. The van der Waals surface area contributed by atoms with Gasteiger partial charge in [0.1, 0.15) is 22.3 Å². The predicted octanol–water partition coefficient (Wildman–Crippen LogP) is 3.56. The summed E-state index contributed by atoms with van der Waals surface area (Å²) in [6, 6.07) is 15.5. The van der Waals surface area contributed by atoms with Gasteiger partial charge in [-0.1, -0.05) is 12.1 Å². The zero-order valence-electron chi connectivity index (χ0n) is 19.6. The Hall–Kier alpha value is -5.10. The summed E-state index contributed by atoms with van der Waals surface area (Å²) in [5.41, 5.74) is 20.0. The number of benzene rings is 2. The van der Waals surface area contributed by atoms with E-state index in [1.807, 2.05) is 0 Å². The van der Waals surface area contributed by atoms with Crippen LogP contribution in [0.5, 0.6) is 0 Å². The molecular formula is C26H20FN7O3S. The van der Waals surface area contributed by atoms with Gasteiger partial charge in [-0.05, 0) is 59.7 Å². The van der Waals surface area contributed by atoms with Crippen LogP contribution in [-0.4, -0.2) is 29.3 Å². The van der Waals surface area contributed by atoms with Gasteiger partial charge in [-0.25, -0.2) is 22.8 Å². The van der Waals surface area contributed by atoms with Crippen LogP contribution in [0.2, 0.25) is 0 Å². The number of primary amides is 1. The van der Waals surface area contributed by atoms with E-state index in [0.29, 0.717) is 33.2 Å². The van der Waals surface area contributed by atoms with Crippen molar-refractivity contribution in [2.45, 2.75) is 4.90 Å². The summed E-state index contributed by atoms with van der Waals surface area (Å²) in [5, 5.41) is 0.659. The average molecular weight is 530 g/mol. The van der Waals surface area contributed by atoms with Crippen molar-refractivity contribution in [1.29, 1.82) is 0 Å². The number of halogens is 1. The van der Waals surface area contributed by atoms with Crippen LogP contribution >= 0.6 is 0 Å². The number of hydrogen-bond acceptors (Lipinski definition) is 8. The summed E-state index contributed by atoms with van der Waals surface area (Å²) in [7, 11) is -4.05. The molecule has 0 aliphatic heterocycles. The summed E-state index contributed by atoms with van der Waals surface area (Å²) in [6.45, 7) is 0. The molecule has 0 fully saturated rings. The number of nitrogen functional groups attached to an aromatic ring is 2. The molecule has 38 heavy (non-hydrogen) atoms. The molecule has 0 bridgehead atoms. The molecule has 0 aliphatic carbocycles. The van der Waals surface area contributed by atoms with Crippen molar-refractivity contribution in [3.05, 3.63) is 90.6 Å². The molecule has 5 rings (SSSR count). The maximum absolute atomic E-state index is 14.0. The van der Waals surface area contributed by atoms with Crippen molar-refractivity contribution in [2.24, 2.45) is 5.73 Å². The van der Waals surface area contributed by atoms with Gasteiger partial charge in [-0.15, -0.1) is 0 Å². The van der Waals surface area contributed by atoms with Crippen LogP contribution in [0.4, 0.5) is 21.7 Å². The number of anilines is 3. The largest absolute Gasteiger partial charge is 0.383 e. The number of pyridine rings is 3. The van der Waals surface area contributed by atoms with Crippen LogP contribution in [0.25, 0.3) is 33.2 Å². The molecule has 0 saturated carbocycles. The quantitative estimate of drug-likeness (QED) is 0.258. The molecule has 0 atom stereocenters. The zero-order valence-corrected chi connectivity index (χ0v) is 20.4. The molecule has 12 heteroatoms. The van der Waals surface area contributed by atoms with Gasteiger partial charge in [0.25, 0.3) is 15.9 Å². The van der Waals surface area contributed by atoms with Crippen LogP contribution in [0.15, 0.2) is 84.1 Å². The number of nitrogens with two attached hydrogens (primary N) is 3. The first-order chi connectivity index (χ1) is 18.1. The third-order valence-corrected chi connectivity index (χ3v) is 7.22. The van der Waals surface area contributed by atoms with Crippen LogP contribution in [0.3, 0.4) is 0 Å². The van der Waals surface area contributed by atoms with E-state index in [-0.39, 0.29) is 27.8 Å². The summed E-state index contributed by atoms with van der Waals surface area (Å²) in [6.07, 6.45) is 4.36. The van der Waals surface area contributed by atoms with Crippen molar-refractivity contribution in [1.82, 2.24) is 15.0 Å². The number of hydrogen-bond donors (Lipinski definition) is 4. The van der Waals surface area contributed by atoms with E-state index in [0.717, 1.165) is 6.07 Å². The molecule has 5 aromatic rings. The monoisotopic (exact) mass is 529 g/mol. The van der Waals surface area contributed by atoms with Crippen LogP contribution in [0, 0.1) is 5.82 Å². The number of rotatable bonds is 6. The topological polar surface area (TPSA) is 180 Å². The highest BCUT2D eigenvalue weighted by molar-refractivity contribution is 7.92. The molecule has 190 valence electrons. The Kier molecular flexibility index (Phi) is 6.09. The zero-order chi connectivity index (χ0) is 27.0. The first-order valence-corrected chi connectivity index (χ1v) is 12.6. The lowest BCUT2D eigenvalue weighted by Gasteiger charge is -2.12. The second kappa shape index (κ2) is 9.41. The summed E-state index contributed by atoms with van der Waals surface area (Å²) < 4.78 is 42.5. The Labute approximate surface area is 216 Å². The molecule has 0 spiro atoms. The van der Waals surface area contributed by atoms with E-state index in [9.17, 15) is 17.6 Å². The van der Waals surface area contributed by atoms with Crippen LogP contribution < -0.4 is 21.9 Å². The number of aromatic nitrogens is 3. The Balaban J connectivity index is 1.57. The van der Waals surface area contributed by atoms with Crippen molar-refractivity contribution >= 4 is 44.2 Å². The minimum absolute atomic E-state index is 0.163. The van der Waals surface area contributed by atoms with Gasteiger partial charge in [0.2, 0.25) is 0 Å². The maximum Gasteiger partial charge on any atom is 0.265 e. The Morgan fingerprint density at radius 1 is 0.895 bits per heavy atom. The molecule has 0 radical (unpaired) electrons. The van der Waals surface area contributed by atoms with Crippen molar-refractivity contribution in [3.63, 3.8) is 0 Å². The number of nitrogens with zero attached hydrogens (tertiary/aromatic N) is 3. The highest BCUT2D eigenvalue weighted by atomic mass is 32.2. The number of carbonyl (C=O) groups excluding carboxylic acids is 1. The summed E-state index contributed by atoms with van der Waals surface area (Å²) >= 11 is 0. The minimum Gasteiger partial charge on any atom is -0.383 e. The van der Waals surface area contributed by atoms with E-state index in [1.165, 1.54) is 36.8 Å². The van der Waals surface area contributed by atoms with Crippen molar-refractivity contribution in [2.75, 3.05) is 16.2 Å². The van der Waals surface area contributed by atoms with Gasteiger partial charge in [-0.2, -0.15) is 0 Å². The van der Waals surface area contributed by atoms with E-state index < -0.39 is 21.7 Å². The number of carbonyl (C=O) groups is 1. The van der Waals surface area contributed by atoms with Crippen LogP contribution in [0.1, 0.15) is 10.4 Å². The second-order valence-corrected chi connectivity index (χ2v) is 9.99. The summed E-state index contributed by atoms with van der Waals surface area (Å²) in [4.78, 5) is 23.8. The number of nitrogens with one attached hydrogen (secondary N) is 1. The lowest BCUT2D eigenvalue weighted by atomic mass is 9.99. The van der Waals surface area contributed by atoms with E-state index >= 15 is 0 Å². The minimum atomic E-state index is -4.05. The fraction of sp³-hybridized carbons (Fsp3) is 0. The van der Waals surface area contributed by atoms with Crippen molar-refractivity contribution in [3.8, 4) is 22.3 Å². The van der Waals surface area contributed by atoms with Crippen LogP contribution in [-0.2, 0) is 10.0 Å². The summed E-state index contributed by atoms with van der Waals surface area (Å²) in [5.74, 6) is -1.63. The third kappa shape index (κ3) is 4.67. The molecule has 1 amide bonds. The Bertz CT molecular complexity index is 1830. The molecule has 3 heterocycles. The molecule has 0 unspecified atom stereocenters. The molecule has 7 N–H and O–H groups in total. The highest BCUT2D eigenvalue weighted by Crippen LogP contribution is 2.33. The normalized spacial score (nSPS) is 11.4. The first-order valence-electron chi connectivity index (χ1n) is 11.1. The van der Waals surface area contributed by atoms with E-state index in [4.69, 9.17) is 17.2 Å². The Morgan fingerprint density at radius 3 is 2.42 bits per heavy atom. The molecular weight excluding hydrogens is 509 g/mol. The molecule has 0 saturated heterocycles. The van der Waals surface area contributed by atoms with E-state index in [1.54, 1.807) is 36.4 Å². The molecule has 3 aromatic heterocycles. The number of amides is 1. The van der Waals surface area contributed by atoms with Gasteiger partial charge in [0.15, 0.2) is 0 Å². The highest BCUT2D eigenvalue weighted by Gasteiger charge is 2.20. The molecule has 0 aliphatic rings. The van der Waals surface area contributed by atoms with Gasteiger partial charge < -0.3 is 17.2 Å². The van der Waals surface area contributed by atoms with Gasteiger partial charge in [0, 0.05) is 28.9 Å². The van der Waals surface area contributed by atoms with Crippen molar-refractivity contribution < 1.29 is 17.6 Å².